The Hall–Kier alpha value is -3.98. The van der Waals surface area contributed by atoms with Crippen molar-refractivity contribution >= 4 is 23.2 Å². The lowest BCUT2D eigenvalue weighted by Gasteiger charge is -2.24. The summed E-state index contributed by atoms with van der Waals surface area (Å²) in [5, 5.41) is 0. The summed E-state index contributed by atoms with van der Waals surface area (Å²) in [7, 11) is 1.47. The number of H-pyrrole nitrogens is 1. The number of nitrogens with one attached hydrogen (secondary N) is 1. The van der Waals surface area contributed by atoms with Gasteiger partial charge >= 0.3 is 5.69 Å². The molecule has 1 aromatic heterocycles. The van der Waals surface area contributed by atoms with E-state index >= 15 is 0 Å². The second-order valence-corrected chi connectivity index (χ2v) is 7.72. The number of anilines is 2. The van der Waals surface area contributed by atoms with Crippen LogP contribution >= 0.6 is 0 Å². The molecular formula is C25H28N4O5. The topological polar surface area (TPSA) is 127 Å². The van der Waals surface area contributed by atoms with Crippen molar-refractivity contribution in [2.75, 3.05) is 30.9 Å². The fourth-order valence-electron chi connectivity index (χ4n) is 3.55. The molecule has 3 N–H and O–H groups in total. The van der Waals surface area contributed by atoms with Crippen molar-refractivity contribution in [1.82, 2.24) is 9.55 Å². The molecule has 0 aliphatic heterocycles. The van der Waals surface area contributed by atoms with Crippen molar-refractivity contribution in [3.05, 3.63) is 92.1 Å². The third-order valence-corrected chi connectivity index (χ3v) is 5.41. The number of ether oxygens (including phenoxy) is 1. The van der Waals surface area contributed by atoms with Gasteiger partial charge in [-0.15, -0.1) is 0 Å². The molecule has 0 unspecified atom stereocenters. The van der Waals surface area contributed by atoms with Crippen molar-refractivity contribution in [2.45, 2.75) is 26.3 Å². The molecule has 34 heavy (non-hydrogen) atoms. The maximum Gasteiger partial charge on any atom is 0.330 e. The van der Waals surface area contributed by atoms with Crippen molar-refractivity contribution in [3.8, 4) is 0 Å². The van der Waals surface area contributed by atoms with Crippen molar-refractivity contribution in [3.63, 3.8) is 0 Å². The zero-order valence-corrected chi connectivity index (χ0v) is 19.2. The van der Waals surface area contributed by atoms with Crippen LogP contribution in [-0.2, 0) is 11.3 Å². The van der Waals surface area contributed by atoms with Crippen LogP contribution in [0.5, 0.6) is 0 Å². The lowest BCUT2D eigenvalue weighted by atomic mass is 10.0. The van der Waals surface area contributed by atoms with Gasteiger partial charge in [0.25, 0.3) is 11.5 Å². The Balaban J connectivity index is 1.98. The zero-order valence-electron chi connectivity index (χ0n) is 19.2. The summed E-state index contributed by atoms with van der Waals surface area (Å²) in [6, 6.07) is 15.0. The summed E-state index contributed by atoms with van der Waals surface area (Å²) < 4.78 is 6.38. The first-order chi connectivity index (χ1) is 16.4. The molecule has 1 heterocycles. The molecule has 0 fully saturated rings. The summed E-state index contributed by atoms with van der Waals surface area (Å²) in [4.78, 5) is 54.5. The molecule has 0 aliphatic rings. The second-order valence-electron chi connectivity index (χ2n) is 7.72. The number of aromatic nitrogens is 2. The van der Waals surface area contributed by atoms with Gasteiger partial charge in [-0.1, -0.05) is 55.8 Å². The zero-order chi connectivity index (χ0) is 24.7. The van der Waals surface area contributed by atoms with Crippen LogP contribution in [-0.4, -0.2) is 41.5 Å². The van der Waals surface area contributed by atoms with E-state index < -0.39 is 17.2 Å². The molecule has 0 atom stereocenters. The molecule has 9 nitrogen and oxygen atoms in total. The summed E-state index contributed by atoms with van der Waals surface area (Å²) >= 11 is 0. The van der Waals surface area contributed by atoms with Gasteiger partial charge in [0.1, 0.15) is 5.82 Å². The Morgan fingerprint density at radius 1 is 1.00 bits per heavy atom. The summed E-state index contributed by atoms with van der Waals surface area (Å²) in [6.07, 6.45) is 1.50. The molecule has 178 valence electrons. The monoisotopic (exact) mass is 464 g/mol. The Morgan fingerprint density at radius 2 is 1.62 bits per heavy atom. The van der Waals surface area contributed by atoms with E-state index in [1.165, 1.54) is 28.7 Å². The average molecular weight is 465 g/mol. The van der Waals surface area contributed by atoms with E-state index in [1.807, 2.05) is 13.0 Å². The molecule has 0 saturated heterocycles. The number of hydrogen-bond acceptors (Lipinski definition) is 6. The summed E-state index contributed by atoms with van der Waals surface area (Å²) in [5.41, 5.74) is 5.94. The van der Waals surface area contributed by atoms with Gasteiger partial charge in [0.15, 0.2) is 11.5 Å². The normalized spacial score (nSPS) is 10.8. The highest BCUT2D eigenvalue weighted by Crippen LogP contribution is 2.20. The van der Waals surface area contributed by atoms with Crippen LogP contribution in [0.1, 0.15) is 46.0 Å². The number of aromatic amines is 1. The number of nitrogens with two attached hydrogens (primary N) is 1. The van der Waals surface area contributed by atoms with Gasteiger partial charge in [0.05, 0.1) is 6.61 Å². The third-order valence-electron chi connectivity index (χ3n) is 5.41. The highest BCUT2D eigenvalue weighted by molar-refractivity contribution is 6.11. The number of carbonyl (C=O) groups is 2. The van der Waals surface area contributed by atoms with Crippen LogP contribution < -0.4 is 21.9 Å². The molecule has 3 aromatic rings. The number of rotatable bonds is 10. The number of carbonyl (C=O) groups excluding carboxylic acids is 2. The summed E-state index contributed by atoms with van der Waals surface area (Å²) in [5.74, 6) is -0.754. The van der Waals surface area contributed by atoms with Gasteiger partial charge in [-0.25, -0.2) is 4.79 Å². The van der Waals surface area contributed by atoms with Gasteiger partial charge in [-0.05, 0) is 18.6 Å². The van der Waals surface area contributed by atoms with Gasteiger partial charge in [-0.2, -0.15) is 0 Å². The Morgan fingerprint density at radius 3 is 2.24 bits per heavy atom. The van der Waals surface area contributed by atoms with E-state index in [0.717, 1.165) is 6.42 Å². The Bertz CT molecular complexity index is 1260. The molecule has 0 radical (unpaired) electrons. The lowest BCUT2D eigenvalue weighted by Crippen LogP contribution is -2.42. The molecule has 9 heteroatoms. The van der Waals surface area contributed by atoms with E-state index in [2.05, 4.69) is 4.98 Å². The fraction of sp³-hybridized carbons (Fsp3) is 0.280. The van der Waals surface area contributed by atoms with Gasteiger partial charge in [0.2, 0.25) is 0 Å². The van der Waals surface area contributed by atoms with E-state index in [0.29, 0.717) is 24.1 Å². The van der Waals surface area contributed by atoms with Crippen LogP contribution in [0.3, 0.4) is 0 Å². The molecule has 2 aromatic carbocycles. The van der Waals surface area contributed by atoms with E-state index in [1.54, 1.807) is 36.4 Å². The van der Waals surface area contributed by atoms with Crippen LogP contribution in [0.2, 0.25) is 0 Å². The van der Waals surface area contributed by atoms with Gasteiger partial charge in [-0.3, -0.25) is 28.8 Å². The van der Waals surface area contributed by atoms with E-state index in [-0.39, 0.29) is 36.0 Å². The predicted molar refractivity (Wildman–Crippen MR) is 131 cm³/mol. The van der Waals surface area contributed by atoms with Crippen molar-refractivity contribution in [1.29, 1.82) is 0 Å². The van der Waals surface area contributed by atoms with Crippen LogP contribution in [0.25, 0.3) is 0 Å². The maximum atomic E-state index is 13.4. The number of methoxy groups -OCH3 is 1. The second kappa shape index (κ2) is 11.2. The minimum atomic E-state index is -0.754. The molecule has 3 rings (SSSR count). The molecule has 1 amide bonds. The number of benzene rings is 2. The number of hydrogen-bond donors (Lipinski definition) is 2. The maximum absolute atomic E-state index is 13.4. The first-order valence-corrected chi connectivity index (χ1v) is 11.0. The first kappa shape index (κ1) is 24.7. The van der Waals surface area contributed by atoms with Crippen LogP contribution in [0.4, 0.5) is 11.5 Å². The Kier molecular flexibility index (Phi) is 8.15. The molecule has 0 saturated carbocycles. The minimum absolute atomic E-state index is 0.0410. The van der Waals surface area contributed by atoms with E-state index in [9.17, 15) is 19.2 Å². The fourth-order valence-corrected chi connectivity index (χ4v) is 3.55. The highest BCUT2D eigenvalue weighted by Gasteiger charge is 2.25. The number of unbranched alkanes of at least 4 members (excludes halogenated alkanes) is 1. The standard InChI is InChI=1S/C25H28N4O5/c1-3-4-14-29-22(26)20(23(31)27-25(29)33)28(15-16-34-2)24(32)19-12-10-18(11-13-19)21(30)17-8-6-5-7-9-17/h5-13H,3-4,14-16,26H2,1-2H3,(H,27,31,33). The Labute approximate surface area is 196 Å². The number of amides is 1. The van der Waals surface area contributed by atoms with Gasteiger partial charge < -0.3 is 10.5 Å². The smallest absolute Gasteiger partial charge is 0.330 e. The average Bonchev–Trinajstić information content (AvgIpc) is 2.85. The highest BCUT2D eigenvalue weighted by atomic mass is 16.5. The third kappa shape index (κ3) is 5.32. The summed E-state index contributed by atoms with van der Waals surface area (Å²) in [6.45, 7) is 2.46. The van der Waals surface area contributed by atoms with Gasteiger partial charge in [0, 0.05) is 36.9 Å². The minimum Gasteiger partial charge on any atom is -0.383 e. The quantitative estimate of drug-likeness (QED) is 0.444. The molecule has 0 spiro atoms. The van der Waals surface area contributed by atoms with Crippen LogP contribution in [0, 0.1) is 0 Å². The van der Waals surface area contributed by atoms with Crippen molar-refractivity contribution in [2.24, 2.45) is 0 Å². The number of nitrogen functional groups attached to an aromatic ring is 1. The molecule has 0 aliphatic carbocycles. The van der Waals surface area contributed by atoms with Crippen molar-refractivity contribution < 1.29 is 14.3 Å². The first-order valence-electron chi connectivity index (χ1n) is 11.0. The van der Waals surface area contributed by atoms with E-state index in [4.69, 9.17) is 10.5 Å². The number of nitrogens with zero attached hydrogens (tertiary/aromatic N) is 2. The predicted octanol–water partition coefficient (Wildman–Crippen LogP) is 2.44. The van der Waals surface area contributed by atoms with Crippen LogP contribution in [0.15, 0.2) is 64.2 Å². The number of ketones is 1. The largest absolute Gasteiger partial charge is 0.383 e. The lowest BCUT2D eigenvalue weighted by molar-refractivity contribution is 0.0973. The molecule has 0 bridgehead atoms. The SMILES string of the molecule is CCCCn1c(N)c(N(CCOC)C(=O)c2ccc(C(=O)c3ccccc3)cc2)c(=O)[nH]c1=O. The molecular weight excluding hydrogens is 436 g/mol.